The van der Waals surface area contributed by atoms with Crippen LogP contribution in [0.4, 0.5) is 15.9 Å². The molecule has 3 aromatic rings. The third-order valence-corrected chi connectivity index (χ3v) is 3.66. The van der Waals surface area contributed by atoms with Crippen LogP contribution in [0.25, 0.3) is 0 Å². The molecule has 1 N–H and O–H groups in total. The molecule has 6 heteroatoms. The minimum absolute atomic E-state index is 0.252. The smallest absolute Gasteiger partial charge is 0.257 e. The molecule has 0 saturated carbocycles. The van der Waals surface area contributed by atoms with Crippen molar-refractivity contribution < 1.29 is 9.18 Å². The van der Waals surface area contributed by atoms with Crippen LogP contribution in [-0.4, -0.2) is 23.2 Å². The lowest BCUT2D eigenvalue weighted by molar-refractivity contribution is 0.102. The van der Waals surface area contributed by atoms with E-state index >= 15 is 0 Å². The van der Waals surface area contributed by atoms with E-state index in [9.17, 15) is 9.18 Å². The Morgan fingerprint density at radius 1 is 1.12 bits per heavy atom. The minimum atomic E-state index is -0.272. The van der Waals surface area contributed by atoms with Crippen molar-refractivity contribution in [2.45, 2.75) is 6.54 Å². The second kappa shape index (κ2) is 7.53. The average molecular weight is 336 g/mol. The zero-order valence-electron chi connectivity index (χ0n) is 13.7. The Hall–Kier alpha value is -3.28. The van der Waals surface area contributed by atoms with Gasteiger partial charge in [0.05, 0.1) is 11.8 Å². The number of nitrogens with zero attached hydrogens (tertiary/aromatic N) is 3. The van der Waals surface area contributed by atoms with Gasteiger partial charge in [-0.05, 0) is 35.9 Å². The predicted octanol–water partition coefficient (Wildman–Crippen LogP) is 3.50. The number of carbonyl (C=O) groups excluding carboxylic acids is 1. The van der Waals surface area contributed by atoms with E-state index in [-0.39, 0.29) is 11.7 Å². The van der Waals surface area contributed by atoms with Crippen LogP contribution in [0.5, 0.6) is 0 Å². The second-order valence-corrected chi connectivity index (χ2v) is 5.61. The van der Waals surface area contributed by atoms with E-state index in [0.29, 0.717) is 23.6 Å². The highest BCUT2D eigenvalue weighted by atomic mass is 19.1. The number of hydrogen-bond acceptors (Lipinski definition) is 4. The maximum absolute atomic E-state index is 13.0. The molecule has 0 radical (unpaired) electrons. The van der Waals surface area contributed by atoms with Crippen molar-refractivity contribution in [1.29, 1.82) is 0 Å². The molecule has 0 fully saturated rings. The van der Waals surface area contributed by atoms with E-state index in [1.807, 2.05) is 42.3 Å². The summed E-state index contributed by atoms with van der Waals surface area (Å²) >= 11 is 0. The van der Waals surface area contributed by atoms with E-state index in [0.717, 1.165) is 5.56 Å². The summed E-state index contributed by atoms with van der Waals surface area (Å²) in [6.07, 6.45) is 1.42. The molecule has 0 aliphatic heterocycles. The number of halogens is 1. The maximum Gasteiger partial charge on any atom is 0.257 e. The summed E-state index contributed by atoms with van der Waals surface area (Å²) in [5, 5.41) is 10.8. The number of para-hydroxylation sites is 1. The van der Waals surface area contributed by atoms with Crippen LogP contribution in [-0.2, 0) is 6.54 Å². The fourth-order valence-electron chi connectivity index (χ4n) is 2.34. The van der Waals surface area contributed by atoms with Gasteiger partial charge in [-0.3, -0.25) is 4.79 Å². The number of nitrogens with one attached hydrogen (secondary N) is 1. The highest BCUT2D eigenvalue weighted by molar-refractivity contribution is 6.04. The maximum atomic E-state index is 13.0. The summed E-state index contributed by atoms with van der Waals surface area (Å²) in [6, 6.07) is 17.1. The summed E-state index contributed by atoms with van der Waals surface area (Å²) in [7, 11) is 1.84. The molecule has 2 aromatic carbocycles. The third-order valence-electron chi connectivity index (χ3n) is 3.66. The van der Waals surface area contributed by atoms with Gasteiger partial charge in [-0.1, -0.05) is 30.3 Å². The van der Waals surface area contributed by atoms with Gasteiger partial charge in [-0.25, -0.2) is 4.39 Å². The SMILES string of the molecule is CN(Cc1ccc(F)cc1)c1cc(C(=O)Nc2ccccc2)cnn1. The Bertz CT molecular complexity index is 853. The normalized spacial score (nSPS) is 10.3. The van der Waals surface area contributed by atoms with Crippen LogP contribution >= 0.6 is 0 Å². The first kappa shape index (κ1) is 16.6. The molecule has 1 heterocycles. The zero-order valence-corrected chi connectivity index (χ0v) is 13.7. The fraction of sp³-hybridized carbons (Fsp3) is 0.105. The van der Waals surface area contributed by atoms with Gasteiger partial charge in [-0.15, -0.1) is 5.10 Å². The molecule has 0 saturated heterocycles. The lowest BCUT2D eigenvalue weighted by Gasteiger charge is -2.18. The number of carbonyl (C=O) groups is 1. The van der Waals surface area contributed by atoms with Gasteiger partial charge in [0.15, 0.2) is 5.82 Å². The summed E-state index contributed by atoms with van der Waals surface area (Å²) < 4.78 is 13.0. The molecule has 0 bridgehead atoms. The standard InChI is InChI=1S/C19H17FN4O/c1-24(13-14-7-9-16(20)10-8-14)18-11-15(12-21-23-18)19(25)22-17-5-3-2-4-6-17/h2-12H,13H2,1H3,(H,22,25). The Morgan fingerprint density at radius 2 is 1.84 bits per heavy atom. The summed E-state index contributed by atoms with van der Waals surface area (Å²) in [5.74, 6) is 0.0355. The van der Waals surface area contributed by atoms with Crippen molar-refractivity contribution in [3.63, 3.8) is 0 Å². The number of amides is 1. The van der Waals surface area contributed by atoms with Gasteiger partial charge in [-0.2, -0.15) is 5.10 Å². The van der Waals surface area contributed by atoms with Crippen molar-refractivity contribution in [2.75, 3.05) is 17.3 Å². The van der Waals surface area contributed by atoms with Gasteiger partial charge in [0.2, 0.25) is 0 Å². The molecule has 0 unspecified atom stereocenters. The Labute approximate surface area is 145 Å². The molecule has 0 aliphatic carbocycles. The van der Waals surface area contributed by atoms with E-state index in [4.69, 9.17) is 0 Å². The van der Waals surface area contributed by atoms with Gasteiger partial charge in [0.25, 0.3) is 5.91 Å². The molecule has 1 aromatic heterocycles. The molecular weight excluding hydrogens is 319 g/mol. The van der Waals surface area contributed by atoms with E-state index in [1.54, 1.807) is 18.2 Å². The number of rotatable bonds is 5. The first-order valence-corrected chi connectivity index (χ1v) is 7.76. The largest absolute Gasteiger partial charge is 0.354 e. The molecule has 126 valence electrons. The molecule has 5 nitrogen and oxygen atoms in total. The van der Waals surface area contributed by atoms with Crippen LogP contribution in [0.15, 0.2) is 66.9 Å². The van der Waals surface area contributed by atoms with Crippen LogP contribution < -0.4 is 10.2 Å². The quantitative estimate of drug-likeness (QED) is 0.775. The monoisotopic (exact) mass is 336 g/mol. The zero-order chi connectivity index (χ0) is 17.6. The lowest BCUT2D eigenvalue weighted by atomic mass is 10.2. The Kier molecular flexibility index (Phi) is 4.99. The van der Waals surface area contributed by atoms with Crippen molar-refractivity contribution in [2.24, 2.45) is 0 Å². The van der Waals surface area contributed by atoms with Crippen LogP contribution in [0.2, 0.25) is 0 Å². The van der Waals surface area contributed by atoms with Gasteiger partial charge in [0.1, 0.15) is 5.82 Å². The molecule has 1 amide bonds. The summed E-state index contributed by atoms with van der Waals surface area (Å²) in [5.41, 5.74) is 2.06. The van der Waals surface area contributed by atoms with E-state index < -0.39 is 0 Å². The van der Waals surface area contributed by atoms with E-state index in [2.05, 4.69) is 15.5 Å². The highest BCUT2D eigenvalue weighted by Gasteiger charge is 2.11. The predicted molar refractivity (Wildman–Crippen MR) is 94.9 cm³/mol. The number of benzene rings is 2. The molecule has 0 aliphatic rings. The number of aromatic nitrogens is 2. The fourth-order valence-corrected chi connectivity index (χ4v) is 2.34. The summed E-state index contributed by atoms with van der Waals surface area (Å²) in [6.45, 7) is 0.527. The lowest BCUT2D eigenvalue weighted by Crippen LogP contribution is -2.20. The van der Waals surface area contributed by atoms with Crippen LogP contribution in [0.3, 0.4) is 0 Å². The molecule has 3 rings (SSSR count). The van der Waals surface area contributed by atoms with Crippen molar-refractivity contribution in [3.8, 4) is 0 Å². The number of anilines is 2. The topological polar surface area (TPSA) is 58.1 Å². The van der Waals surface area contributed by atoms with Crippen molar-refractivity contribution >= 4 is 17.4 Å². The van der Waals surface area contributed by atoms with Crippen LogP contribution in [0, 0.1) is 5.82 Å². The minimum Gasteiger partial charge on any atom is -0.354 e. The molecule has 25 heavy (non-hydrogen) atoms. The highest BCUT2D eigenvalue weighted by Crippen LogP contribution is 2.15. The molecule has 0 spiro atoms. The Morgan fingerprint density at radius 3 is 2.56 bits per heavy atom. The summed E-state index contributed by atoms with van der Waals surface area (Å²) in [4.78, 5) is 14.2. The second-order valence-electron chi connectivity index (χ2n) is 5.61. The van der Waals surface area contributed by atoms with Crippen molar-refractivity contribution in [1.82, 2.24) is 10.2 Å². The van der Waals surface area contributed by atoms with Crippen molar-refractivity contribution in [3.05, 3.63) is 83.8 Å². The van der Waals surface area contributed by atoms with Crippen LogP contribution in [0.1, 0.15) is 15.9 Å². The average Bonchev–Trinajstić information content (AvgIpc) is 2.64. The first-order chi connectivity index (χ1) is 12.1. The van der Waals surface area contributed by atoms with E-state index in [1.165, 1.54) is 18.3 Å². The number of hydrogen-bond donors (Lipinski definition) is 1. The molecule has 0 atom stereocenters. The molecular formula is C19H17FN4O. The van der Waals surface area contributed by atoms with Gasteiger partial charge in [0, 0.05) is 19.3 Å². The third kappa shape index (κ3) is 4.38. The first-order valence-electron chi connectivity index (χ1n) is 7.76. The van der Waals surface area contributed by atoms with Gasteiger partial charge >= 0.3 is 0 Å². The Balaban J connectivity index is 1.72. The van der Waals surface area contributed by atoms with Gasteiger partial charge < -0.3 is 10.2 Å².